The van der Waals surface area contributed by atoms with Gasteiger partial charge in [-0.05, 0) is 30.1 Å². The molecular weight excluding hydrogens is 356 g/mol. The van der Waals surface area contributed by atoms with Crippen molar-refractivity contribution in [1.82, 2.24) is 9.13 Å². The first-order valence-corrected chi connectivity index (χ1v) is 9.53. The molecule has 8 heteroatoms. The molecule has 3 aliphatic heterocycles. The van der Waals surface area contributed by atoms with Crippen molar-refractivity contribution >= 4 is 24.0 Å². The summed E-state index contributed by atoms with van der Waals surface area (Å²) in [5.41, 5.74) is 10.6. The van der Waals surface area contributed by atoms with Crippen molar-refractivity contribution in [1.29, 1.82) is 0 Å². The van der Waals surface area contributed by atoms with Crippen LogP contribution in [0.4, 0.5) is 0 Å². The second kappa shape index (κ2) is 6.56. The van der Waals surface area contributed by atoms with Crippen molar-refractivity contribution < 1.29 is 4.74 Å². The fraction of sp³-hybridized carbons (Fsp3) is 0.400. The number of fused-ring (bicyclic) bond motifs is 3. The lowest BCUT2D eigenvalue weighted by Crippen LogP contribution is -2.31. The monoisotopic (exact) mass is 378 g/mol. The van der Waals surface area contributed by atoms with E-state index in [1.165, 1.54) is 0 Å². The van der Waals surface area contributed by atoms with Gasteiger partial charge in [-0.2, -0.15) is 0 Å². The molecule has 0 amide bonds. The third-order valence-electron chi connectivity index (χ3n) is 5.75. The fourth-order valence-corrected chi connectivity index (χ4v) is 4.21. The molecule has 2 N–H and O–H groups in total. The number of hydrogen-bond donors (Lipinski definition) is 1. The van der Waals surface area contributed by atoms with E-state index in [-0.39, 0.29) is 17.8 Å². The minimum Gasteiger partial charge on any atom is -0.381 e. The molecule has 0 aromatic carbocycles. The molecule has 0 saturated carbocycles. The number of imidazole rings is 1. The lowest BCUT2D eigenvalue weighted by molar-refractivity contribution is 0.0683. The molecule has 0 radical (unpaired) electrons. The van der Waals surface area contributed by atoms with Crippen LogP contribution in [0.15, 0.2) is 49.1 Å². The van der Waals surface area contributed by atoms with Crippen LogP contribution in [0.3, 0.4) is 0 Å². The Balaban J connectivity index is 1.66. The summed E-state index contributed by atoms with van der Waals surface area (Å²) in [6, 6.07) is 0.0609. The van der Waals surface area contributed by atoms with Gasteiger partial charge in [0.1, 0.15) is 0 Å². The fourth-order valence-electron chi connectivity index (χ4n) is 4.21. The number of nitrogens with two attached hydrogens (primary N) is 1. The van der Waals surface area contributed by atoms with E-state index in [0.29, 0.717) is 25.7 Å². The molecule has 1 aliphatic carbocycles. The second-order valence-corrected chi connectivity index (χ2v) is 7.38. The summed E-state index contributed by atoms with van der Waals surface area (Å²) in [6.45, 7) is 1.87. The first-order valence-electron chi connectivity index (χ1n) is 9.53. The van der Waals surface area contributed by atoms with Crippen LogP contribution in [0.25, 0.3) is 5.57 Å². The number of hydrogen-bond acceptors (Lipinski definition) is 6. The van der Waals surface area contributed by atoms with Crippen LogP contribution in [0.2, 0.25) is 0 Å². The largest absolute Gasteiger partial charge is 0.381 e. The van der Waals surface area contributed by atoms with Crippen molar-refractivity contribution in [2.24, 2.45) is 27.8 Å². The molecule has 1 saturated heterocycles. The molecule has 0 bridgehead atoms. The third-order valence-corrected chi connectivity index (χ3v) is 5.75. The molecule has 144 valence electrons. The van der Waals surface area contributed by atoms with Crippen LogP contribution in [-0.2, 0) is 11.8 Å². The van der Waals surface area contributed by atoms with E-state index in [4.69, 9.17) is 10.5 Å². The predicted octanol–water partition coefficient (Wildman–Crippen LogP) is 0.988. The summed E-state index contributed by atoms with van der Waals surface area (Å²) in [5, 5.41) is 0. The molecule has 0 spiro atoms. The van der Waals surface area contributed by atoms with E-state index in [1.54, 1.807) is 10.8 Å². The van der Waals surface area contributed by atoms with E-state index in [2.05, 4.69) is 33.2 Å². The molecular formula is C20H22N6O2. The van der Waals surface area contributed by atoms with Crippen LogP contribution in [0.1, 0.15) is 30.3 Å². The number of aromatic nitrogens is 2. The molecule has 5 rings (SSSR count). The Morgan fingerprint density at radius 3 is 2.82 bits per heavy atom. The van der Waals surface area contributed by atoms with Gasteiger partial charge in [-0.25, -0.2) is 14.8 Å². The SMILES string of the molecule is Cn1c2c(n(C3CCOCC3)c1=O)C1=CC(=C3C=NC(N)=NC3)C=CC1N=C2. The summed E-state index contributed by atoms with van der Waals surface area (Å²) in [7, 11) is 1.81. The smallest absolute Gasteiger partial charge is 0.329 e. The van der Waals surface area contributed by atoms with Gasteiger partial charge in [0.2, 0.25) is 5.96 Å². The predicted molar refractivity (Wildman–Crippen MR) is 109 cm³/mol. The highest BCUT2D eigenvalue weighted by Gasteiger charge is 2.32. The molecule has 4 heterocycles. The molecule has 1 aromatic heterocycles. The maximum Gasteiger partial charge on any atom is 0.329 e. The highest BCUT2D eigenvalue weighted by Crippen LogP contribution is 2.35. The first kappa shape index (κ1) is 17.1. The Morgan fingerprint density at radius 1 is 1.25 bits per heavy atom. The van der Waals surface area contributed by atoms with E-state index in [1.807, 2.05) is 17.8 Å². The van der Waals surface area contributed by atoms with Gasteiger partial charge >= 0.3 is 5.69 Å². The number of rotatable bonds is 1. The Kier molecular flexibility index (Phi) is 4.01. The van der Waals surface area contributed by atoms with Crippen molar-refractivity contribution in [3.8, 4) is 0 Å². The highest BCUT2D eigenvalue weighted by molar-refractivity contribution is 5.98. The number of nitrogens with zero attached hydrogens (tertiary/aromatic N) is 5. The molecule has 28 heavy (non-hydrogen) atoms. The van der Waals surface area contributed by atoms with E-state index in [9.17, 15) is 4.79 Å². The van der Waals surface area contributed by atoms with E-state index >= 15 is 0 Å². The van der Waals surface area contributed by atoms with Gasteiger partial charge in [0.05, 0.1) is 24.0 Å². The number of aliphatic imine (C=N–C) groups is 3. The summed E-state index contributed by atoms with van der Waals surface area (Å²) in [4.78, 5) is 26.1. The maximum atomic E-state index is 13.1. The van der Waals surface area contributed by atoms with Crippen molar-refractivity contribution in [3.05, 3.63) is 51.2 Å². The minimum atomic E-state index is -0.0844. The Morgan fingerprint density at radius 2 is 2.07 bits per heavy atom. The minimum absolute atomic E-state index is 0.00487. The standard InChI is InChI=1S/C20H22N6O2/c1-25-17-11-22-16-3-2-12(13-9-23-19(21)24-10-13)8-15(16)18(17)26(20(25)27)14-4-6-28-7-5-14/h2-3,8-9,11,14,16H,4-7,10H2,1H3,(H2,21,24). The van der Waals surface area contributed by atoms with Crippen molar-refractivity contribution in [3.63, 3.8) is 0 Å². The zero-order valence-electron chi connectivity index (χ0n) is 15.7. The molecule has 8 nitrogen and oxygen atoms in total. The molecule has 1 unspecified atom stereocenters. The van der Waals surface area contributed by atoms with Crippen molar-refractivity contribution in [2.45, 2.75) is 24.9 Å². The van der Waals surface area contributed by atoms with Gasteiger partial charge < -0.3 is 10.5 Å². The Bertz CT molecular complexity index is 1070. The molecule has 1 atom stereocenters. The summed E-state index contributed by atoms with van der Waals surface area (Å²) >= 11 is 0. The number of allylic oxidation sites excluding steroid dienone is 3. The van der Waals surface area contributed by atoms with E-state index < -0.39 is 0 Å². The lowest BCUT2D eigenvalue weighted by Gasteiger charge is -2.28. The summed E-state index contributed by atoms with van der Waals surface area (Å²) in [5.74, 6) is 0.302. The highest BCUT2D eigenvalue weighted by atomic mass is 16.5. The van der Waals surface area contributed by atoms with Crippen LogP contribution >= 0.6 is 0 Å². The summed E-state index contributed by atoms with van der Waals surface area (Å²) < 4.78 is 9.16. The van der Waals surface area contributed by atoms with Gasteiger partial charge in [0, 0.05) is 44.3 Å². The van der Waals surface area contributed by atoms with Crippen LogP contribution in [0, 0.1) is 0 Å². The van der Waals surface area contributed by atoms with E-state index in [0.717, 1.165) is 40.9 Å². The maximum absolute atomic E-state index is 13.1. The Hall–Kier alpha value is -3.00. The molecule has 1 fully saturated rings. The number of ether oxygens (including phenoxy) is 1. The average molecular weight is 378 g/mol. The van der Waals surface area contributed by atoms with Crippen molar-refractivity contribution in [2.75, 3.05) is 19.8 Å². The van der Waals surface area contributed by atoms with Gasteiger partial charge in [-0.15, -0.1) is 0 Å². The average Bonchev–Trinajstić information content (AvgIpc) is 3.00. The second-order valence-electron chi connectivity index (χ2n) is 7.38. The van der Waals surface area contributed by atoms with Crippen LogP contribution in [-0.4, -0.2) is 53.3 Å². The van der Waals surface area contributed by atoms with Gasteiger partial charge in [-0.3, -0.25) is 14.1 Å². The normalized spacial score (nSPS) is 26.7. The number of guanidine groups is 1. The van der Waals surface area contributed by atoms with Gasteiger partial charge in [0.15, 0.2) is 0 Å². The molecule has 1 aromatic rings. The Labute approximate surface area is 162 Å². The third kappa shape index (κ3) is 2.63. The topological polar surface area (TPSA) is 99.3 Å². The van der Waals surface area contributed by atoms with Crippen LogP contribution < -0.4 is 11.4 Å². The van der Waals surface area contributed by atoms with Gasteiger partial charge in [0.25, 0.3) is 0 Å². The van der Waals surface area contributed by atoms with Crippen LogP contribution in [0.5, 0.6) is 0 Å². The quantitative estimate of drug-likeness (QED) is 0.789. The zero-order chi connectivity index (χ0) is 19.3. The van der Waals surface area contributed by atoms with Gasteiger partial charge in [-0.1, -0.05) is 12.2 Å². The zero-order valence-corrected chi connectivity index (χ0v) is 15.7. The lowest BCUT2D eigenvalue weighted by atomic mass is 9.90. The molecule has 4 aliphatic rings. The summed E-state index contributed by atoms with van der Waals surface area (Å²) in [6.07, 6.45) is 11.5. The first-order chi connectivity index (χ1) is 13.6.